The van der Waals surface area contributed by atoms with Gasteiger partial charge in [-0.2, -0.15) is 9.97 Å². The van der Waals surface area contributed by atoms with Crippen molar-refractivity contribution in [2.24, 2.45) is 0 Å². The van der Waals surface area contributed by atoms with E-state index in [1.165, 1.54) is 53.5 Å². The Morgan fingerprint density at radius 1 is 0.328 bits per heavy atom. The van der Waals surface area contributed by atoms with Crippen molar-refractivity contribution in [3.8, 4) is 56.7 Å². The van der Waals surface area contributed by atoms with Crippen molar-refractivity contribution < 1.29 is 0 Å². The highest BCUT2D eigenvalue weighted by atomic mass is 32.2. The molecule has 61 heavy (non-hydrogen) atoms. The number of hydrogen-bond acceptors (Lipinski definition) is 4. The van der Waals surface area contributed by atoms with E-state index in [9.17, 15) is 0 Å². The zero-order valence-corrected chi connectivity index (χ0v) is 33.5. The van der Waals surface area contributed by atoms with Gasteiger partial charge in [0.2, 0.25) is 5.95 Å². The van der Waals surface area contributed by atoms with Crippen LogP contribution in [0.1, 0.15) is 0 Å². The summed E-state index contributed by atoms with van der Waals surface area (Å²) in [6.45, 7) is 0. The molecule has 6 heteroatoms. The Balaban J connectivity index is 1.06. The van der Waals surface area contributed by atoms with Gasteiger partial charge < -0.3 is 4.57 Å². The standard InChI is InChI=1S/C55H33N5S/c1-4-15-34(16-5-1)53-56-54(35-17-6-2-7-18-35)58-55(57-53)60-45-24-12-10-21-39(45)40-29-27-36(31-46(40)60)37-28-30-42-47(32-37)59(38-19-8-3-9-20-38)48-33-44-41-22-11-13-25-49(41)61-50-26-14-23-43(51(42)48)52(44)50/h1-33H. The van der Waals surface area contributed by atoms with E-state index in [1.807, 2.05) is 48.2 Å². The van der Waals surface area contributed by atoms with E-state index in [4.69, 9.17) is 15.0 Å². The second-order valence-corrected chi connectivity index (χ2v) is 16.7. The van der Waals surface area contributed by atoms with Gasteiger partial charge in [0.15, 0.2) is 11.6 Å². The van der Waals surface area contributed by atoms with Gasteiger partial charge in [-0.05, 0) is 76.2 Å². The van der Waals surface area contributed by atoms with E-state index in [-0.39, 0.29) is 0 Å². The van der Waals surface area contributed by atoms with E-state index in [1.54, 1.807) is 0 Å². The van der Waals surface area contributed by atoms with Gasteiger partial charge in [-0.1, -0.05) is 163 Å². The van der Waals surface area contributed by atoms with Crippen molar-refractivity contribution in [3.63, 3.8) is 0 Å². The predicted octanol–water partition coefficient (Wildman–Crippen LogP) is 14.4. The van der Waals surface area contributed by atoms with E-state index in [2.05, 4.69) is 173 Å². The molecule has 0 saturated carbocycles. The number of rotatable bonds is 5. The van der Waals surface area contributed by atoms with Gasteiger partial charge in [0, 0.05) is 53.5 Å². The highest BCUT2D eigenvalue weighted by molar-refractivity contribution is 7.99. The summed E-state index contributed by atoms with van der Waals surface area (Å²) in [5.74, 6) is 1.84. The van der Waals surface area contributed by atoms with Crippen LogP contribution in [0.4, 0.5) is 0 Å². The Bertz CT molecular complexity index is 3660. The van der Waals surface area contributed by atoms with Gasteiger partial charge in [-0.15, -0.1) is 0 Å². The molecule has 0 aliphatic carbocycles. The summed E-state index contributed by atoms with van der Waals surface area (Å²) >= 11 is 1.87. The molecular weight excluding hydrogens is 763 g/mol. The van der Waals surface area contributed by atoms with Crippen LogP contribution in [0.15, 0.2) is 210 Å². The summed E-state index contributed by atoms with van der Waals surface area (Å²) in [4.78, 5) is 18.0. The van der Waals surface area contributed by atoms with Gasteiger partial charge in [0.1, 0.15) is 0 Å². The van der Waals surface area contributed by atoms with Crippen LogP contribution in [0.25, 0.3) is 111 Å². The molecule has 0 saturated heterocycles. The Hall–Kier alpha value is -7.80. The Kier molecular flexibility index (Phi) is 7.47. The van der Waals surface area contributed by atoms with E-state index >= 15 is 0 Å². The molecule has 0 radical (unpaired) electrons. The van der Waals surface area contributed by atoms with Crippen molar-refractivity contribution in [2.75, 3.05) is 0 Å². The number of benzene rings is 9. The molecule has 1 aliphatic heterocycles. The number of aromatic nitrogens is 5. The molecule has 284 valence electrons. The first-order chi connectivity index (χ1) is 30.2. The Labute approximate surface area is 355 Å². The fourth-order valence-electron chi connectivity index (χ4n) is 9.45. The lowest BCUT2D eigenvalue weighted by Crippen LogP contribution is -2.06. The quantitative estimate of drug-likeness (QED) is 0.174. The van der Waals surface area contributed by atoms with Gasteiger partial charge in [-0.3, -0.25) is 4.57 Å². The molecule has 0 unspecified atom stereocenters. The third-order valence-corrected chi connectivity index (χ3v) is 13.3. The van der Waals surface area contributed by atoms with Crippen LogP contribution in [0.3, 0.4) is 0 Å². The van der Waals surface area contributed by atoms with E-state index in [0.717, 1.165) is 49.7 Å². The molecule has 9 aromatic carbocycles. The highest BCUT2D eigenvalue weighted by Crippen LogP contribution is 2.51. The maximum absolute atomic E-state index is 5.18. The Morgan fingerprint density at radius 2 is 0.902 bits per heavy atom. The monoisotopic (exact) mass is 795 g/mol. The molecule has 0 amide bonds. The molecule has 0 spiro atoms. The van der Waals surface area contributed by atoms with Gasteiger partial charge in [0.05, 0.1) is 22.1 Å². The molecule has 0 bridgehead atoms. The number of para-hydroxylation sites is 2. The topological polar surface area (TPSA) is 48.5 Å². The summed E-state index contributed by atoms with van der Waals surface area (Å²) < 4.78 is 4.66. The minimum atomic E-state index is 0.579. The Morgan fingerprint density at radius 3 is 1.64 bits per heavy atom. The highest BCUT2D eigenvalue weighted by Gasteiger charge is 2.25. The normalized spacial score (nSPS) is 12.2. The maximum Gasteiger partial charge on any atom is 0.238 e. The molecule has 0 atom stereocenters. The third kappa shape index (κ3) is 5.26. The van der Waals surface area contributed by atoms with Crippen molar-refractivity contribution in [1.82, 2.24) is 24.1 Å². The number of hydrogen-bond donors (Lipinski definition) is 0. The summed E-state index contributed by atoms with van der Waals surface area (Å²) in [6.07, 6.45) is 0. The fourth-order valence-corrected chi connectivity index (χ4v) is 10.6. The second-order valence-electron chi connectivity index (χ2n) is 15.6. The first-order valence-corrected chi connectivity index (χ1v) is 21.3. The van der Waals surface area contributed by atoms with Crippen LogP contribution in [-0.2, 0) is 0 Å². The first kappa shape index (κ1) is 34.1. The molecular formula is C55H33N5S. The second kappa shape index (κ2) is 13.4. The minimum absolute atomic E-state index is 0.579. The molecule has 5 nitrogen and oxygen atoms in total. The van der Waals surface area contributed by atoms with Crippen LogP contribution in [-0.4, -0.2) is 24.1 Å². The summed E-state index contributed by atoms with van der Waals surface area (Å²) in [5.41, 5.74) is 12.3. The fraction of sp³-hybridized carbons (Fsp3) is 0. The number of fused-ring (bicyclic) bond motifs is 9. The van der Waals surface area contributed by atoms with Gasteiger partial charge in [-0.25, -0.2) is 4.98 Å². The maximum atomic E-state index is 5.18. The third-order valence-electron chi connectivity index (χ3n) is 12.2. The van der Waals surface area contributed by atoms with Crippen LogP contribution in [0, 0.1) is 0 Å². The molecule has 3 aromatic heterocycles. The SMILES string of the molecule is c1ccc(-c2nc(-c3ccccc3)nc(-n3c4ccccc4c4ccc(-c5ccc6c7c8cccc9c8c(cc7n(-c7ccccc7)c6c5)-c5ccccc5S9)cc43)n2)cc1. The summed E-state index contributed by atoms with van der Waals surface area (Å²) in [5, 5.41) is 7.41. The van der Waals surface area contributed by atoms with E-state index in [0.29, 0.717) is 17.6 Å². The van der Waals surface area contributed by atoms with Crippen molar-refractivity contribution >= 4 is 66.1 Å². The van der Waals surface area contributed by atoms with Crippen LogP contribution < -0.4 is 0 Å². The average molecular weight is 796 g/mol. The van der Waals surface area contributed by atoms with Crippen LogP contribution in [0.2, 0.25) is 0 Å². The van der Waals surface area contributed by atoms with Crippen molar-refractivity contribution in [1.29, 1.82) is 0 Å². The molecule has 0 fully saturated rings. The van der Waals surface area contributed by atoms with Gasteiger partial charge in [0.25, 0.3) is 0 Å². The molecule has 12 aromatic rings. The smallest absolute Gasteiger partial charge is 0.238 e. The lowest BCUT2D eigenvalue weighted by atomic mass is 9.94. The molecule has 1 aliphatic rings. The summed E-state index contributed by atoms with van der Waals surface area (Å²) in [7, 11) is 0. The largest absolute Gasteiger partial charge is 0.309 e. The number of nitrogens with zero attached hydrogens (tertiary/aromatic N) is 5. The lowest BCUT2D eigenvalue weighted by Gasteiger charge is -2.21. The van der Waals surface area contributed by atoms with Crippen molar-refractivity contribution in [3.05, 3.63) is 200 Å². The van der Waals surface area contributed by atoms with Crippen molar-refractivity contribution in [2.45, 2.75) is 9.79 Å². The van der Waals surface area contributed by atoms with Crippen LogP contribution in [0.5, 0.6) is 0 Å². The zero-order valence-electron chi connectivity index (χ0n) is 32.7. The summed E-state index contributed by atoms with van der Waals surface area (Å²) in [6, 6.07) is 71.5. The average Bonchev–Trinajstić information content (AvgIpc) is 3.84. The lowest BCUT2D eigenvalue weighted by molar-refractivity contribution is 0.953. The van der Waals surface area contributed by atoms with Gasteiger partial charge >= 0.3 is 0 Å². The molecule has 4 heterocycles. The van der Waals surface area contributed by atoms with Crippen LogP contribution >= 0.6 is 11.8 Å². The zero-order chi connectivity index (χ0) is 40.0. The molecule has 0 N–H and O–H groups in total. The minimum Gasteiger partial charge on any atom is -0.309 e. The molecule has 13 rings (SSSR count). The van der Waals surface area contributed by atoms with E-state index < -0.39 is 0 Å². The predicted molar refractivity (Wildman–Crippen MR) is 252 cm³/mol. The first-order valence-electron chi connectivity index (χ1n) is 20.5.